The summed E-state index contributed by atoms with van der Waals surface area (Å²) in [4.78, 5) is 20.6. The number of hydrogen-bond donors (Lipinski definition) is 2. The van der Waals surface area contributed by atoms with Crippen molar-refractivity contribution in [2.75, 3.05) is 18.5 Å². The van der Waals surface area contributed by atoms with E-state index in [-0.39, 0.29) is 18.3 Å². The molecule has 0 bridgehead atoms. The van der Waals surface area contributed by atoms with Crippen LogP contribution in [0.4, 0.5) is 5.82 Å². The van der Waals surface area contributed by atoms with Crippen molar-refractivity contribution in [3.05, 3.63) is 30.3 Å². The highest BCUT2D eigenvalue weighted by molar-refractivity contribution is 5.87. The third-order valence-corrected chi connectivity index (χ3v) is 3.75. The Balaban J connectivity index is 0.000000930. The van der Waals surface area contributed by atoms with E-state index < -0.39 is 0 Å². The summed E-state index contributed by atoms with van der Waals surface area (Å²) < 4.78 is 6.92. The molecule has 7 nitrogen and oxygen atoms in total. The number of benzene rings is 1. The molecule has 2 N–H and O–H groups in total. The number of carbonyl (C=O) groups is 2. The molecule has 1 aliphatic rings. The molecule has 156 valence electrons. The third kappa shape index (κ3) is 6.72. The van der Waals surface area contributed by atoms with Crippen LogP contribution in [-0.2, 0) is 4.79 Å². The van der Waals surface area contributed by atoms with Crippen molar-refractivity contribution in [2.24, 2.45) is 5.92 Å². The first-order chi connectivity index (χ1) is 13.6. The van der Waals surface area contributed by atoms with Crippen molar-refractivity contribution in [1.29, 1.82) is 0 Å². The minimum atomic E-state index is -0.250. The maximum Gasteiger partial charge on any atom is 0.290 e. The molecule has 28 heavy (non-hydrogen) atoms. The van der Waals surface area contributed by atoms with E-state index in [1.807, 2.05) is 71.9 Å². The van der Waals surface area contributed by atoms with Gasteiger partial charge in [-0.15, -0.1) is 0 Å². The SMILES string of the molecule is CC.CC.CCOc1ccc(-c2cc3n(n2)C(=O)C(CC)CN3)cc1.O=CO. The lowest BCUT2D eigenvalue weighted by Crippen LogP contribution is -2.34. The molecule has 0 spiro atoms. The number of hydrogen-bond acceptors (Lipinski definition) is 5. The van der Waals surface area contributed by atoms with Gasteiger partial charge in [0, 0.05) is 18.2 Å². The molecule has 0 aliphatic carbocycles. The van der Waals surface area contributed by atoms with Gasteiger partial charge in [0.2, 0.25) is 0 Å². The Morgan fingerprint density at radius 3 is 2.29 bits per heavy atom. The summed E-state index contributed by atoms with van der Waals surface area (Å²) in [5.41, 5.74) is 1.77. The molecule has 2 aromatic rings. The Labute approximate surface area is 167 Å². The zero-order valence-electron chi connectivity index (χ0n) is 17.7. The number of nitrogens with one attached hydrogen (secondary N) is 1. The number of rotatable bonds is 4. The van der Waals surface area contributed by atoms with Crippen LogP contribution in [0.1, 0.15) is 52.8 Å². The van der Waals surface area contributed by atoms with Crippen molar-refractivity contribution in [1.82, 2.24) is 9.78 Å². The highest BCUT2D eigenvalue weighted by Crippen LogP contribution is 2.27. The summed E-state index contributed by atoms with van der Waals surface area (Å²) in [5.74, 6) is 1.69. The van der Waals surface area contributed by atoms with Crippen LogP contribution >= 0.6 is 0 Å². The van der Waals surface area contributed by atoms with Gasteiger partial charge in [-0.25, -0.2) is 0 Å². The topological polar surface area (TPSA) is 93.5 Å². The van der Waals surface area contributed by atoms with E-state index in [0.717, 1.165) is 29.2 Å². The van der Waals surface area contributed by atoms with Crippen molar-refractivity contribution in [3.8, 4) is 17.0 Å². The van der Waals surface area contributed by atoms with Crippen molar-refractivity contribution >= 4 is 18.2 Å². The van der Waals surface area contributed by atoms with E-state index in [4.69, 9.17) is 14.6 Å². The quantitative estimate of drug-likeness (QED) is 0.728. The summed E-state index contributed by atoms with van der Waals surface area (Å²) in [7, 11) is 0. The smallest absolute Gasteiger partial charge is 0.290 e. The summed E-state index contributed by atoms with van der Waals surface area (Å²) in [6.45, 7) is 13.1. The Bertz CT molecular complexity index is 696. The van der Waals surface area contributed by atoms with Crippen LogP contribution in [0.15, 0.2) is 30.3 Å². The van der Waals surface area contributed by atoms with Crippen molar-refractivity contribution in [2.45, 2.75) is 48.0 Å². The molecule has 0 amide bonds. The van der Waals surface area contributed by atoms with Crippen LogP contribution in [0.3, 0.4) is 0 Å². The Hall–Kier alpha value is -2.83. The summed E-state index contributed by atoms with van der Waals surface area (Å²) in [6.07, 6.45) is 0.823. The Kier molecular flexibility index (Phi) is 12.8. The number of ether oxygens (including phenoxy) is 1. The molecule has 3 rings (SSSR count). The largest absolute Gasteiger partial charge is 0.494 e. The van der Waals surface area contributed by atoms with E-state index in [0.29, 0.717) is 13.2 Å². The first-order valence-electron chi connectivity index (χ1n) is 9.83. The van der Waals surface area contributed by atoms with Gasteiger partial charge in [-0.2, -0.15) is 9.78 Å². The molecule has 0 fully saturated rings. The van der Waals surface area contributed by atoms with Gasteiger partial charge >= 0.3 is 0 Å². The van der Waals surface area contributed by atoms with Gasteiger partial charge in [0.25, 0.3) is 12.4 Å². The Morgan fingerprint density at radius 1 is 1.21 bits per heavy atom. The maximum atomic E-state index is 12.3. The fraction of sp³-hybridized carbons (Fsp3) is 0.476. The van der Waals surface area contributed by atoms with E-state index >= 15 is 0 Å². The second kappa shape index (κ2) is 14.3. The van der Waals surface area contributed by atoms with E-state index in [2.05, 4.69) is 10.4 Å². The average molecular weight is 392 g/mol. The van der Waals surface area contributed by atoms with E-state index in [1.165, 1.54) is 4.68 Å². The van der Waals surface area contributed by atoms with E-state index in [1.54, 1.807) is 0 Å². The summed E-state index contributed by atoms with van der Waals surface area (Å²) >= 11 is 0. The zero-order valence-corrected chi connectivity index (χ0v) is 17.7. The molecule has 0 radical (unpaired) electrons. The predicted octanol–water partition coefficient (Wildman–Crippen LogP) is 4.79. The van der Waals surface area contributed by atoms with Crippen LogP contribution in [0.5, 0.6) is 5.75 Å². The van der Waals surface area contributed by atoms with Crippen LogP contribution in [0, 0.1) is 5.92 Å². The lowest BCUT2D eigenvalue weighted by atomic mass is 10.0. The molecule has 1 atom stereocenters. The van der Waals surface area contributed by atoms with Gasteiger partial charge in [-0.05, 0) is 37.6 Å². The first kappa shape index (κ1) is 25.2. The number of carbonyl (C=O) groups excluding carboxylic acids is 1. The molecule has 1 aromatic carbocycles. The second-order valence-corrected chi connectivity index (χ2v) is 5.21. The number of aromatic nitrogens is 2. The van der Waals surface area contributed by atoms with Gasteiger partial charge in [-0.1, -0.05) is 34.6 Å². The first-order valence-corrected chi connectivity index (χ1v) is 9.83. The minimum Gasteiger partial charge on any atom is -0.494 e. The molecule has 1 aliphatic heterocycles. The van der Waals surface area contributed by atoms with Crippen molar-refractivity contribution < 1.29 is 19.4 Å². The van der Waals surface area contributed by atoms with Gasteiger partial charge in [0.05, 0.1) is 18.2 Å². The minimum absolute atomic E-state index is 0.00517. The van der Waals surface area contributed by atoms with Crippen LogP contribution in [0.25, 0.3) is 11.3 Å². The molecule has 0 saturated heterocycles. The Morgan fingerprint density at radius 2 is 1.79 bits per heavy atom. The zero-order chi connectivity index (χ0) is 21.5. The lowest BCUT2D eigenvalue weighted by Gasteiger charge is -2.21. The third-order valence-electron chi connectivity index (χ3n) is 3.75. The maximum absolute atomic E-state index is 12.3. The molecule has 2 heterocycles. The molecule has 1 aromatic heterocycles. The van der Waals surface area contributed by atoms with Crippen molar-refractivity contribution in [3.63, 3.8) is 0 Å². The molecular formula is C21H33N3O4. The highest BCUT2D eigenvalue weighted by Gasteiger charge is 2.27. The monoisotopic (exact) mass is 391 g/mol. The number of anilines is 1. The predicted molar refractivity (Wildman–Crippen MR) is 113 cm³/mol. The van der Waals surface area contributed by atoms with Gasteiger partial charge in [0.1, 0.15) is 11.6 Å². The molecule has 0 saturated carbocycles. The standard InChI is InChI=1S/C16H19N3O2.2C2H6.CH2O2/c1-3-11-10-17-15-9-14(18-19(15)16(11)20)12-5-7-13(8-6-12)21-4-2;2*1-2;2-1-3/h5-9,11,17H,3-4,10H2,1-2H3;2*1-2H3;1H,(H,2,3). The summed E-state index contributed by atoms with van der Waals surface area (Å²) in [6, 6.07) is 9.67. The molecule has 1 unspecified atom stereocenters. The van der Waals surface area contributed by atoms with Gasteiger partial charge < -0.3 is 15.2 Å². The van der Waals surface area contributed by atoms with E-state index in [9.17, 15) is 4.79 Å². The normalized spacial score (nSPS) is 13.8. The fourth-order valence-corrected chi connectivity index (χ4v) is 2.51. The van der Waals surface area contributed by atoms with Gasteiger partial charge in [-0.3, -0.25) is 9.59 Å². The lowest BCUT2D eigenvalue weighted by molar-refractivity contribution is -0.122. The average Bonchev–Trinajstić information content (AvgIpc) is 3.18. The number of carboxylic acid groups (broad SMARTS) is 1. The number of nitrogens with zero attached hydrogens (tertiary/aromatic N) is 2. The number of fused-ring (bicyclic) bond motifs is 1. The van der Waals surface area contributed by atoms with Gasteiger partial charge in [0.15, 0.2) is 0 Å². The summed E-state index contributed by atoms with van der Waals surface area (Å²) in [5, 5.41) is 14.6. The van der Waals surface area contributed by atoms with Crippen LogP contribution in [0.2, 0.25) is 0 Å². The molecule has 7 heteroatoms. The molecular weight excluding hydrogens is 358 g/mol. The second-order valence-electron chi connectivity index (χ2n) is 5.21. The van der Waals surface area contributed by atoms with Crippen LogP contribution in [-0.4, -0.2) is 40.4 Å². The fourth-order valence-electron chi connectivity index (χ4n) is 2.51. The highest BCUT2D eigenvalue weighted by atomic mass is 16.5. The van der Waals surface area contributed by atoms with Crippen LogP contribution < -0.4 is 10.1 Å².